The van der Waals surface area contributed by atoms with Gasteiger partial charge in [0.15, 0.2) is 0 Å². The Morgan fingerprint density at radius 1 is 1.22 bits per heavy atom. The van der Waals surface area contributed by atoms with Crippen molar-refractivity contribution in [1.29, 1.82) is 0 Å². The van der Waals surface area contributed by atoms with E-state index in [2.05, 4.69) is 0 Å². The van der Waals surface area contributed by atoms with Gasteiger partial charge in [-0.15, -0.1) is 0 Å². The fourth-order valence-electron chi connectivity index (χ4n) is 1.56. The van der Waals surface area contributed by atoms with E-state index in [-0.39, 0.29) is 0 Å². The zero-order valence-electron chi connectivity index (χ0n) is 10.6. The molecule has 4 nitrogen and oxygen atoms in total. The van der Waals surface area contributed by atoms with Crippen LogP contribution in [0.4, 0.5) is 0 Å². The minimum atomic E-state index is -3.24. The fraction of sp³-hybridized carbons (Fsp3) is 0.500. The lowest BCUT2D eigenvalue weighted by Crippen LogP contribution is -2.25. The average Bonchev–Trinajstić information content (AvgIpc) is 2.32. The molecule has 1 rings (SSSR count). The number of hydrogen-bond acceptors (Lipinski definition) is 4. The first-order valence-corrected chi connectivity index (χ1v) is 7.89. The molecule has 1 aromatic rings. The van der Waals surface area contributed by atoms with Gasteiger partial charge >= 0.3 is 7.60 Å². The summed E-state index contributed by atoms with van der Waals surface area (Å²) in [4.78, 5) is 0. The maximum atomic E-state index is 12.4. The van der Waals surface area contributed by atoms with Crippen LogP contribution in [0.1, 0.15) is 19.4 Å². The Morgan fingerprint density at radius 2 is 1.72 bits per heavy atom. The summed E-state index contributed by atoms with van der Waals surface area (Å²) in [5.74, 6) is -0.668. The summed E-state index contributed by atoms with van der Waals surface area (Å²) in [7, 11) is -3.24. The molecular formula is C12H19ClNO3P. The molecule has 1 aromatic carbocycles. The Hall–Kier alpha value is -0.380. The lowest BCUT2D eigenvalue weighted by molar-refractivity contribution is 0.212. The Labute approximate surface area is 113 Å². The number of halogens is 1. The zero-order valence-corrected chi connectivity index (χ0v) is 12.3. The van der Waals surface area contributed by atoms with E-state index < -0.39 is 13.4 Å². The van der Waals surface area contributed by atoms with Gasteiger partial charge in [0, 0.05) is 5.02 Å². The molecule has 1 unspecified atom stereocenters. The molecule has 0 saturated carbocycles. The van der Waals surface area contributed by atoms with Crippen molar-refractivity contribution in [3.05, 3.63) is 34.9 Å². The molecule has 6 heteroatoms. The van der Waals surface area contributed by atoms with Crippen LogP contribution in [0.2, 0.25) is 5.02 Å². The third kappa shape index (κ3) is 4.38. The Kier molecular flexibility index (Phi) is 6.33. The normalized spacial score (nSPS) is 13.6. The minimum Gasteiger partial charge on any atom is -0.317 e. The van der Waals surface area contributed by atoms with Crippen LogP contribution in [0.3, 0.4) is 0 Å². The van der Waals surface area contributed by atoms with E-state index in [1.165, 1.54) is 0 Å². The summed E-state index contributed by atoms with van der Waals surface area (Å²) < 4.78 is 22.8. The van der Waals surface area contributed by atoms with E-state index in [0.29, 0.717) is 24.7 Å². The quantitative estimate of drug-likeness (QED) is 0.782. The van der Waals surface area contributed by atoms with Crippen LogP contribution < -0.4 is 5.73 Å². The van der Waals surface area contributed by atoms with Gasteiger partial charge in [0.05, 0.1) is 13.2 Å². The second-order valence-corrected chi connectivity index (χ2v) is 6.47. The van der Waals surface area contributed by atoms with E-state index in [1.54, 1.807) is 26.0 Å². The first kappa shape index (κ1) is 15.7. The summed E-state index contributed by atoms with van der Waals surface area (Å²) in [5.41, 5.74) is 6.90. The molecule has 18 heavy (non-hydrogen) atoms. The van der Waals surface area contributed by atoms with Crippen molar-refractivity contribution >= 4 is 19.2 Å². The molecule has 0 spiro atoms. The second-order valence-electron chi connectivity index (χ2n) is 3.77. The molecule has 0 amide bonds. The second kappa shape index (κ2) is 7.27. The Morgan fingerprint density at radius 3 is 2.17 bits per heavy atom. The Bertz CT molecular complexity index is 400. The van der Waals surface area contributed by atoms with Crippen LogP contribution in [-0.2, 0) is 20.0 Å². The standard InChI is InChI=1S/C12H19ClNO3P/c1-3-16-18(15,17-4-2)12(14)9-10-5-7-11(13)8-6-10/h5-8,12H,3-4,9,14H2,1-2H3. The van der Waals surface area contributed by atoms with Crippen molar-refractivity contribution in [2.45, 2.75) is 26.1 Å². The van der Waals surface area contributed by atoms with Crippen LogP contribution in [-0.4, -0.2) is 19.0 Å². The molecule has 0 aliphatic carbocycles. The van der Waals surface area contributed by atoms with Gasteiger partial charge in [-0.1, -0.05) is 23.7 Å². The van der Waals surface area contributed by atoms with Crippen LogP contribution in [0.15, 0.2) is 24.3 Å². The minimum absolute atomic E-state index is 0.311. The number of hydrogen-bond donors (Lipinski definition) is 1. The van der Waals surface area contributed by atoms with Crippen molar-refractivity contribution in [2.24, 2.45) is 5.73 Å². The Balaban J connectivity index is 2.75. The molecule has 102 valence electrons. The molecule has 0 saturated heterocycles. The van der Waals surface area contributed by atoms with Gasteiger partial charge in [-0.3, -0.25) is 4.57 Å². The van der Waals surface area contributed by atoms with Crippen LogP contribution in [0.25, 0.3) is 0 Å². The van der Waals surface area contributed by atoms with Crippen molar-refractivity contribution in [1.82, 2.24) is 0 Å². The molecule has 0 bridgehead atoms. The molecule has 0 fully saturated rings. The highest BCUT2D eigenvalue weighted by Gasteiger charge is 2.32. The van der Waals surface area contributed by atoms with E-state index in [9.17, 15) is 4.57 Å². The largest absolute Gasteiger partial charge is 0.347 e. The zero-order chi connectivity index (χ0) is 13.6. The summed E-state index contributed by atoms with van der Waals surface area (Å²) >= 11 is 5.80. The molecule has 0 aromatic heterocycles. The number of nitrogens with two attached hydrogens (primary N) is 1. The van der Waals surface area contributed by atoms with E-state index >= 15 is 0 Å². The van der Waals surface area contributed by atoms with Crippen LogP contribution in [0, 0.1) is 0 Å². The molecule has 2 N–H and O–H groups in total. The molecular weight excluding hydrogens is 273 g/mol. The van der Waals surface area contributed by atoms with E-state index in [4.69, 9.17) is 26.4 Å². The highest BCUT2D eigenvalue weighted by atomic mass is 35.5. The smallest absolute Gasteiger partial charge is 0.317 e. The van der Waals surface area contributed by atoms with Gasteiger partial charge in [-0.2, -0.15) is 0 Å². The van der Waals surface area contributed by atoms with Gasteiger partial charge < -0.3 is 14.8 Å². The first-order chi connectivity index (χ1) is 8.51. The molecule has 0 heterocycles. The monoisotopic (exact) mass is 291 g/mol. The highest BCUT2D eigenvalue weighted by molar-refractivity contribution is 7.54. The first-order valence-electron chi connectivity index (χ1n) is 5.90. The van der Waals surface area contributed by atoms with Gasteiger partial charge in [0.2, 0.25) is 0 Å². The van der Waals surface area contributed by atoms with E-state index in [1.807, 2.05) is 12.1 Å². The lowest BCUT2D eigenvalue weighted by atomic mass is 10.1. The van der Waals surface area contributed by atoms with Crippen molar-refractivity contribution < 1.29 is 13.6 Å². The molecule has 1 atom stereocenters. The summed E-state index contributed by atoms with van der Waals surface area (Å²) in [6, 6.07) is 7.25. The van der Waals surface area contributed by atoms with E-state index in [0.717, 1.165) is 5.56 Å². The number of benzene rings is 1. The average molecular weight is 292 g/mol. The van der Waals surface area contributed by atoms with Gasteiger partial charge in [0.25, 0.3) is 0 Å². The maximum absolute atomic E-state index is 12.4. The topological polar surface area (TPSA) is 61.5 Å². The highest BCUT2D eigenvalue weighted by Crippen LogP contribution is 2.51. The van der Waals surface area contributed by atoms with Crippen molar-refractivity contribution in [3.8, 4) is 0 Å². The fourth-order valence-corrected chi connectivity index (χ4v) is 3.30. The molecule has 0 aliphatic heterocycles. The number of rotatable bonds is 7. The summed E-state index contributed by atoms with van der Waals surface area (Å²) in [5, 5.41) is 0.658. The van der Waals surface area contributed by atoms with Crippen molar-refractivity contribution in [2.75, 3.05) is 13.2 Å². The molecule has 0 radical (unpaired) electrons. The molecule has 0 aliphatic rings. The van der Waals surface area contributed by atoms with Gasteiger partial charge in [0.1, 0.15) is 5.78 Å². The van der Waals surface area contributed by atoms with Gasteiger partial charge in [-0.05, 0) is 38.0 Å². The predicted molar refractivity (Wildman–Crippen MR) is 74.0 cm³/mol. The van der Waals surface area contributed by atoms with Crippen LogP contribution in [0.5, 0.6) is 0 Å². The summed E-state index contributed by atoms with van der Waals surface area (Å²) in [6.07, 6.45) is 0.425. The maximum Gasteiger partial charge on any atom is 0.347 e. The van der Waals surface area contributed by atoms with Gasteiger partial charge in [-0.25, -0.2) is 0 Å². The third-order valence-corrected chi connectivity index (χ3v) is 4.87. The SMILES string of the molecule is CCOP(=O)(OCC)C(N)Cc1ccc(Cl)cc1. The lowest BCUT2D eigenvalue weighted by Gasteiger charge is -2.23. The van der Waals surface area contributed by atoms with Crippen LogP contribution >= 0.6 is 19.2 Å². The van der Waals surface area contributed by atoms with Crippen molar-refractivity contribution in [3.63, 3.8) is 0 Å². The third-order valence-electron chi connectivity index (χ3n) is 2.38. The summed E-state index contributed by atoms with van der Waals surface area (Å²) in [6.45, 7) is 4.15. The predicted octanol–water partition coefficient (Wildman–Crippen LogP) is 3.43.